The van der Waals surface area contributed by atoms with E-state index in [1.165, 1.54) is 11.1 Å². The minimum absolute atomic E-state index is 0.287. The number of hydrogen-bond acceptors (Lipinski definition) is 4. The summed E-state index contributed by atoms with van der Waals surface area (Å²) < 4.78 is 0. The van der Waals surface area contributed by atoms with Gasteiger partial charge < -0.3 is 5.32 Å². The van der Waals surface area contributed by atoms with E-state index >= 15 is 0 Å². The minimum atomic E-state index is -1.09. The maximum atomic E-state index is 12.6. The highest BCUT2D eigenvalue weighted by Crippen LogP contribution is 2.27. The molecule has 3 rings (SSSR count). The fraction of sp³-hybridized carbons (Fsp3) is 0.421. The molecule has 0 saturated carbocycles. The number of unbranched alkanes of at least 4 members (excludes halogenated alkanes) is 1. The lowest BCUT2D eigenvalue weighted by Crippen LogP contribution is -2.58. The number of imide groups is 2. The van der Waals surface area contributed by atoms with E-state index in [-0.39, 0.29) is 5.70 Å². The van der Waals surface area contributed by atoms with Gasteiger partial charge in [-0.25, -0.2) is 4.79 Å². The van der Waals surface area contributed by atoms with Gasteiger partial charge in [0.05, 0.1) is 0 Å². The van der Waals surface area contributed by atoms with Crippen LogP contribution in [0.2, 0.25) is 0 Å². The molecule has 25 heavy (non-hydrogen) atoms. The quantitative estimate of drug-likeness (QED) is 0.780. The summed E-state index contributed by atoms with van der Waals surface area (Å²) in [6.07, 6.45) is 4.83. The predicted molar refractivity (Wildman–Crippen MR) is 94.9 cm³/mol. The molecule has 2 N–H and O–H groups in total. The molecule has 0 bridgehead atoms. The van der Waals surface area contributed by atoms with E-state index in [0.717, 1.165) is 36.3 Å². The summed E-state index contributed by atoms with van der Waals surface area (Å²) in [7, 11) is 0. The third kappa shape index (κ3) is 3.43. The van der Waals surface area contributed by atoms with Crippen LogP contribution >= 0.6 is 0 Å². The van der Waals surface area contributed by atoms with Gasteiger partial charge in [0, 0.05) is 17.9 Å². The first-order chi connectivity index (χ1) is 12.0. The van der Waals surface area contributed by atoms with Gasteiger partial charge in [-0.15, -0.1) is 0 Å². The van der Waals surface area contributed by atoms with Gasteiger partial charge in [-0.1, -0.05) is 26.0 Å². The monoisotopic (exact) mass is 341 g/mol. The van der Waals surface area contributed by atoms with E-state index in [4.69, 9.17) is 0 Å². The minimum Gasteiger partial charge on any atom is -0.358 e. The van der Waals surface area contributed by atoms with Crippen molar-refractivity contribution in [3.05, 3.63) is 41.6 Å². The van der Waals surface area contributed by atoms with Crippen molar-refractivity contribution < 1.29 is 14.4 Å². The van der Waals surface area contributed by atoms with Crippen LogP contribution in [0.25, 0.3) is 0 Å². The van der Waals surface area contributed by atoms with Gasteiger partial charge in [-0.3, -0.25) is 19.8 Å². The van der Waals surface area contributed by atoms with Gasteiger partial charge in [0.25, 0.3) is 0 Å². The van der Waals surface area contributed by atoms with Crippen LogP contribution in [0.3, 0.4) is 0 Å². The zero-order valence-electron chi connectivity index (χ0n) is 14.4. The molecule has 1 atom stereocenters. The Balaban J connectivity index is 1.74. The highest BCUT2D eigenvalue weighted by Gasteiger charge is 2.41. The Labute approximate surface area is 147 Å². The van der Waals surface area contributed by atoms with Gasteiger partial charge in [0.15, 0.2) is 5.92 Å². The second kappa shape index (κ2) is 7.09. The SMILES string of the molecule is C=C(Nc1ccc2c(c1)CCC2)[C@@H]1C(=O)NC(=O)N(CCCC)C1=O. The second-order valence-corrected chi connectivity index (χ2v) is 6.56. The van der Waals surface area contributed by atoms with Crippen LogP contribution in [0.4, 0.5) is 10.5 Å². The molecule has 1 saturated heterocycles. The number of nitrogens with one attached hydrogen (secondary N) is 2. The molecule has 1 aromatic rings. The molecule has 1 aromatic carbocycles. The third-order valence-corrected chi connectivity index (χ3v) is 4.74. The zero-order chi connectivity index (χ0) is 18.0. The first-order valence-corrected chi connectivity index (χ1v) is 8.75. The second-order valence-electron chi connectivity index (χ2n) is 6.56. The molecule has 1 aliphatic carbocycles. The van der Waals surface area contributed by atoms with Crippen LogP contribution in [-0.2, 0) is 22.4 Å². The lowest BCUT2D eigenvalue weighted by molar-refractivity contribution is -0.140. The van der Waals surface area contributed by atoms with Gasteiger partial charge in [0.1, 0.15) is 0 Å². The Hall–Kier alpha value is -2.63. The van der Waals surface area contributed by atoms with Crippen LogP contribution in [0, 0.1) is 5.92 Å². The van der Waals surface area contributed by atoms with Crippen LogP contribution in [-0.4, -0.2) is 29.3 Å². The number of urea groups is 1. The number of nitrogens with zero attached hydrogens (tertiary/aromatic N) is 1. The molecule has 4 amide bonds. The fourth-order valence-corrected chi connectivity index (χ4v) is 3.36. The number of carbonyl (C=O) groups excluding carboxylic acids is 3. The summed E-state index contributed by atoms with van der Waals surface area (Å²) in [6, 6.07) is 5.39. The largest absolute Gasteiger partial charge is 0.358 e. The number of hydrogen-bond donors (Lipinski definition) is 2. The molecule has 0 spiro atoms. The predicted octanol–water partition coefficient (Wildman–Crippen LogP) is 2.60. The van der Waals surface area contributed by atoms with Crippen molar-refractivity contribution in [3.8, 4) is 0 Å². The molecule has 6 heteroatoms. The number of rotatable bonds is 6. The smallest absolute Gasteiger partial charge is 0.330 e. The summed E-state index contributed by atoms with van der Waals surface area (Å²) >= 11 is 0. The summed E-state index contributed by atoms with van der Waals surface area (Å²) in [6.45, 7) is 6.16. The van der Waals surface area contributed by atoms with Gasteiger partial charge in [-0.05, 0) is 48.9 Å². The normalized spacial score (nSPS) is 19.6. The number of barbiturate groups is 1. The summed E-state index contributed by atoms with van der Waals surface area (Å²) in [4.78, 5) is 37.8. The van der Waals surface area contributed by atoms with Gasteiger partial charge >= 0.3 is 6.03 Å². The Kier molecular flexibility index (Phi) is 4.88. The van der Waals surface area contributed by atoms with Crippen LogP contribution < -0.4 is 10.6 Å². The average Bonchev–Trinajstić information content (AvgIpc) is 3.02. The number of aryl methyl sites for hydroxylation is 2. The number of amides is 4. The van der Waals surface area contributed by atoms with Crippen LogP contribution in [0.5, 0.6) is 0 Å². The zero-order valence-corrected chi connectivity index (χ0v) is 14.4. The van der Waals surface area contributed by atoms with E-state index in [0.29, 0.717) is 13.0 Å². The van der Waals surface area contributed by atoms with Crippen molar-refractivity contribution in [2.75, 3.05) is 11.9 Å². The molecule has 1 heterocycles. The average molecular weight is 341 g/mol. The first kappa shape index (κ1) is 17.2. The summed E-state index contributed by atoms with van der Waals surface area (Å²) in [5.74, 6) is -2.23. The lowest BCUT2D eigenvalue weighted by atomic mass is 10.0. The number of benzene rings is 1. The Morgan fingerprint density at radius 1 is 1.28 bits per heavy atom. The van der Waals surface area contributed by atoms with Crippen molar-refractivity contribution >= 4 is 23.5 Å². The number of anilines is 1. The van der Waals surface area contributed by atoms with Crippen molar-refractivity contribution in [1.29, 1.82) is 0 Å². The van der Waals surface area contributed by atoms with Crippen LogP contribution in [0.15, 0.2) is 30.5 Å². The summed E-state index contributed by atoms with van der Waals surface area (Å²) in [5.41, 5.74) is 3.73. The first-order valence-electron chi connectivity index (χ1n) is 8.75. The Bertz CT molecular complexity index is 741. The Morgan fingerprint density at radius 3 is 2.80 bits per heavy atom. The fourth-order valence-electron chi connectivity index (χ4n) is 3.36. The van der Waals surface area contributed by atoms with Crippen molar-refractivity contribution in [2.45, 2.75) is 39.0 Å². The maximum absolute atomic E-state index is 12.6. The van der Waals surface area contributed by atoms with Crippen molar-refractivity contribution in [3.63, 3.8) is 0 Å². The summed E-state index contributed by atoms with van der Waals surface area (Å²) in [5, 5.41) is 5.33. The highest BCUT2D eigenvalue weighted by atomic mass is 16.2. The van der Waals surface area contributed by atoms with E-state index in [1.54, 1.807) is 0 Å². The maximum Gasteiger partial charge on any atom is 0.330 e. The molecule has 0 radical (unpaired) electrons. The molecule has 1 aliphatic heterocycles. The van der Waals surface area contributed by atoms with E-state index in [2.05, 4.69) is 23.3 Å². The molecule has 2 aliphatic rings. The van der Waals surface area contributed by atoms with Crippen molar-refractivity contribution in [1.82, 2.24) is 10.2 Å². The van der Waals surface area contributed by atoms with Crippen molar-refractivity contribution in [2.24, 2.45) is 5.92 Å². The lowest BCUT2D eigenvalue weighted by Gasteiger charge is -2.31. The molecule has 132 valence electrons. The molecular weight excluding hydrogens is 318 g/mol. The Morgan fingerprint density at radius 2 is 2.04 bits per heavy atom. The topological polar surface area (TPSA) is 78.5 Å². The molecular formula is C19H23N3O3. The number of carbonyl (C=O) groups is 3. The standard InChI is InChI=1S/C19H23N3O3/c1-3-4-10-22-18(24)16(17(23)21-19(22)25)12(2)20-15-9-8-13-6-5-7-14(13)11-15/h8-9,11,16,20H,2-7,10H2,1H3,(H,21,23,25)/t16-/m1/s1. The molecule has 0 aromatic heterocycles. The molecule has 6 nitrogen and oxygen atoms in total. The van der Waals surface area contributed by atoms with Crippen LogP contribution in [0.1, 0.15) is 37.3 Å². The molecule has 1 fully saturated rings. The van der Waals surface area contributed by atoms with E-state index < -0.39 is 23.8 Å². The highest BCUT2D eigenvalue weighted by molar-refractivity contribution is 6.17. The van der Waals surface area contributed by atoms with Gasteiger partial charge in [0.2, 0.25) is 11.8 Å². The third-order valence-electron chi connectivity index (χ3n) is 4.74. The molecule has 0 unspecified atom stereocenters. The number of fused-ring (bicyclic) bond motifs is 1. The van der Waals surface area contributed by atoms with E-state index in [9.17, 15) is 14.4 Å². The van der Waals surface area contributed by atoms with E-state index in [1.807, 2.05) is 19.1 Å². The van der Waals surface area contributed by atoms with Gasteiger partial charge in [-0.2, -0.15) is 0 Å².